The van der Waals surface area contributed by atoms with Crippen LogP contribution in [0.25, 0.3) is 0 Å². The van der Waals surface area contributed by atoms with Gasteiger partial charge in [-0.1, -0.05) is 19.9 Å². The van der Waals surface area contributed by atoms with Crippen molar-refractivity contribution in [3.05, 3.63) is 11.8 Å². The molecule has 0 bridgehead atoms. The van der Waals surface area contributed by atoms with E-state index in [2.05, 4.69) is 5.32 Å². The van der Waals surface area contributed by atoms with E-state index in [9.17, 15) is 9.90 Å². The zero-order chi connectivity index (χ0) is 9.35. The number of allylic oxidation sites excluding steroid dienone is 1. The second-order valence-electron chi connectivity index (χ2n) is 3.82. The highest BCUT2D eigenvalue weighted by Gasteiger charge is 2.36. The molecular weight excluding hydrogens is 154 g/mol. The Morgan fingerprint density at radius 1 is 1.67 bits per heavy atom. The highest BCUT2D eigenvalue weighted by Crippen LogP contribution is 2.25. The van der Waals surface area contributed by atoms with Crippen LogP contribution in [0.4, 0.5) is 0 Å². The lowest BCUT2D eigenvalue weighted by Gasteiger charge is -2.16. The molecule has 1 atom stereocenters. The summed E-state index contributed by atoms with van der Waals surface area (Å²) in [6, 6.07) is 0. The van der Waals surface area contributed by atoms with Gasteiger partial charge < -0.3 is 10.4 Å². The molecular formula is C9H15NO2. The van der Waals surface area contributed by atoms with Crippen molar-refractivity contribution in [2.75, 3.05) is 0 Å². The fraction of sp³-hybridized carbons (Fsp3) is 0.667. The van der Waals surface area contributed by atoms with Crippen LogP contribution in [-0.4, -0.2) is 16.6 Å². The van der Waals surface area contributed by atoms with Crippen molar-refractivity contribution in [1.82, 2.24) is 5.32 Å². The fourth-order valence-electron chi connectivity index (χ4n) is 1.29. The molecule has 3 nitrogen and oxygen atoms in total. The summed E-state index contributed by atoms with van der Waals surface area (Å²) < 4.78 is 0. The quantitative estimate of drug-likeness (QED) is 0.610. The van der Waals surface area contributed by atoms with Gasteiger partial charge in [-0.2, -0.15) is 0 Å². The molecule has 1 heterocycles. The maximum absolute atomic E-state index is 10.9. The molecule has 1 rings (SSSR count). The average molecular weight is 169 g/mol. The highest BCUT2D eigenvalue weighted by molar-refractivity contribution is 5.83. The zero-order valence-corrected chi connectivity index (χ0v) is 7.72. The van der Waals surface area contributed by atoms with Crippen LogP contribution >= 0.6 is 0 Å². The van der Waals surface area contributed by atoms with E-state index < -0.39 is 5.60 Å². The van der Waals surface area contributed by atoms with E-state index in [1.165, 1.54) is 0 Å². The normalized spacial score (nSPS) is 33.1. The van der Waals surface area contributed by atoms with E-state index in [0.717, 1.165) is 0 Å². The molecule has 0 aromatic carbocycles. The molecule has 0 unspecified atom stereocenters. The minimum atomic E-state index is -0.985. The number of hydrogen-bond donors (Lipinski definition) is 2. The van der Waals surface area contributed by atoms with Gasteiger partial charge in [-0.05, 0) is 12.8 Å². The van der Waals surface area contributed by atoms with Crippen LogP contribution in [0.2, 0.25) is 0 Å². The van der Waals surface area contributed by atoms with Gasteiger partial charge >= 0.3 is 0 Å². The molecule has 68 valence electrons. The lowest BCUT2D eigenvalue weighted by Crippen LogP contribution is -2.24. The SMILES string of the molecule is CC(C)/C=C1\NC(=O)C[C@]1(C)O. The van der Waals surface area contributed by atoms with Crippen molar-refractivity contribution in [1.29, 1.82) is 0 Å². The summed E-state index contributed by atoms with van der Waals surface area (Å²) >= 11 is 0. The van der Waals surface area contributed by atoms with Crippen LogP contribution in [0.1, 0.15) is 27.2 Å². The molecule has 1 amide bonds. The molecule has 1 fully saturated rings. The van der Waals surface area contributed by atoms with E-state index in [1.54, 1.807) is 6.92 Å². The number of carbonyl (C=O) groups excluding carboxylic acids is 1. The topological polar surface area (TPSA) is 49.3 Å². The first-order valence-corrected chi connectivity index (χ1v) is 4.16. The fourth-order valence-corrected chi connectivity index (χ4v) is 1.29. The molecule has 3 heteroatoms. The summed E-state index contributed by atoms with van der Waals surface area (Å²) in [6.07, 6.45) is 2.05. The predicted octanol–water partition coefficient (Wildman–Crippen LogP) is 0.797. The van der Waals surface area contributed by atoms with Gasteiger partial charge in [0.2, 0.25) is 5.91 Å². The lowest BCUT2D eigenvalue weighted by molar-refractivity contribution is -0.120. The van der Waals surface area contributed by atoms with Gasteiger partial charge in [-0.25, -0.2) is 0 Å². The Morgan fingerprint density at radius 2 is 2.25 bits per heavy atom. The third-order valence-corrected chi connectivity index (χ3v) is 1.86. The van der Waals surface area contributed by atoms with Crippen LogP contribution in [0.3, 0.4) is 0 Å². The first-order valence-electron chi connectivity index (χ1n) is 4.16. The van der Waals surface area contributed by atoms with Gasteiger partial charge in [0.25, 0.3) is 0 Å². The number of amides is 1. The van der Waals surface area contributed by atoms with E-state index >= 15 is 0 Å². The second kappa shape index (κ2) is 2.90. The standard InChI is InChI=1S/C9H15NO2/c1-6(2)4-7-9(3,12)5-8(11)10-7/h4,6,12H,5H2,1-3H3,(H,10,11)/b7-4-/t9-/m0/s1. The van der Waals surface area contributed by atoms with E-state index in [4.69, 9.17) is 0 Å². The van der Waals surface area contributed by atoms with Gasteiger partial charge in [0.15, 0.2) is 0 Å². The Balaban J connectivity index is 2.85. The monoisotopic (exact) mass is 169 g/mol. The third-order valence-electron chi connectivity index (χ3n) is 1.86. The van der Waals surface area contributed by atoms with Crippen molar-refractivity contribution in [2.24, 2.45) is 5.92 Å². The van der Waals surface area contributed by atoms with Crippen LogP contribution in [0.15, 0.2) is 11.8 Å². The molecule has 0 saturated carbocycles. The zero-order valence-electron chi connectivity index (χ0n) is 7.72. The van der Waals surface area contributed by atoms with Gasteiger partial charge in [0, 0.05) is 5.70 Å². The summed E-state index contributed by atoms with van der Waals surface area (Å²) in [6.45, 7) is 5.67. The van der Waals surface area contributed by atoms with E-state index in [1.807, 2.05) is 19.9 Å². The third kappa shape index (κ3) is 1.85. The first kappa shape index (κ1) is 9.26. The minimum Gasteiger partial charge on any atom is -0.383 e. The van der Waals surface area contributed by atoms with Crippen LogP contribution in [-0.2, 0) is 4.79 Å². The number of hydrogen-bond acceptors (Lipinski definition) is 2. The van der Waals surface area contributed by atoms with Crippen molar-refractivity contribution in [3.63, 3.8) is 0 Å². The molecule has 0 aliphatic carbocycles. The molecule has 12 heavy (non-hydrogen) atoms. The van der Waals surface area contributed by atoms with Gasteiger partial charge in [-0.3, -0.25) is 4.79 Å². The summed E-state index contributed by atoms with van der Waals surface area (Å²) in [5.41, 5.74) is -0.344. The maximum atomic E-state index is 10.9. The van der Waals surface area contributed by atoms with Crippen LogP contribution in [0, 0.1) is 5.92 Å². The summed E-state index contributed by atoms with van der Waals surface area (Å²) in [5.74, 6) is 0.233. The summed E-state index contributed by atoms with van der Waals surface area (Å²) in [7, 11) is 0. The van der Waals surface area contributed by atoms with E-state index in [-0.39, 0.29) is 12.3 Å². The molecule has 0 aromatic rings. The second-order valence-corrected chi connectivity index (χ2v) is 3.82. The Bertz CT molecular complexity index is 229. The van der Waals surface area contributed by atoms with Crippen molar-refractivity contribution in [2.45, 2.75) is 32.8 Å². The predicted molar refractivity (Wildman–Crippen MR) is 46.3 cm³/mol. The van der Waals surface area contributed by atoms with Crippen molar-refractivity contribution >= 4 is 5.91 Å². The van der Waals surface area contributed by atoms with Gasteiger partial charge in [-0.15, -0.1) is 0 Å². The Kier molecular flexibility index (Phi) is 2.24. The number of carbonyl (C=O) groups is 1. The Hall–Kier alpha value is -0.830. The molecule has 0 aromatic heterocycles. The largest absolute Gasteiger partial charge is 0.383 e. The molecule has 1 saturated heterocycles. The molecule has 2 N–H and O–H groups in total. The van der Waals surface area contributed by atoms with Crippen LogP contribution in [0.5, 0.6) is 0 Å². The van der Waals surface area contributed by atoms with Crippen molar-refractivity contribution in [3.8, 4) is 0 Å². The minimum absolute atomic E-state index is 0.105. The number of nitrogens with one attached hydrogen (secondary N) is 1. The van der Waals surface area contributed by atoms with Crippen molar-refractivity contribution < 1.29 is 9.90 Å². The average Bonchev–Trinajstić information content (AvgIpc) is 2.04. The molecule has 0 radical (unpaired) electrons. The highest BCUT2D eigenvalue weighted by atomic mass is 16.3. The summed E-state index contributed by atoms with van der Waals surface area (Å²) in [4.78, 5) is 10.9. The van der Waals surface area contributed by atoms with Gasteiger partial charge in [0.05, 0.1) is 6.42 Å². The maximum Gasteiger partial charge on any atom is 0.227 e. The molecule has 1 aliphatic heterocycles. The number of rotatable bonds is 1. The Labute approximate surface area is 72.5 Å². The summed E-state index contributed by atoms with van der Waals surface area (Å²) in [5, 5.41) is 12.4. The van der Waals surface area contributed by atoms with Gasteiger partial charge in [0.1, 0.15) is 5.60 Å². The van der Waals surface area contributed by atoms with E-state index in [0.29, 0.717) is 11.6 Å². The smallest absolute Gasteiger partial charge is 0.227 e. The molecule has 0 spiro atoms. The number of aliphatic hydroxyl groups is 1. The first-order chi connectivity index (χ1) is 5.42. The molecule has 1 aliphatic rings. The Morgan fingerprint density at radius 3 is 2.58 bits per heavy atom. The van der Waals surface area contributed by atoms with Crippen LogP contribution < -0.4 is 5.32 Å². The lowest BCUT2D eigenvalue weighted by atomic mass is 10.00.